The molecule has 2 unspecified atom stereocenters. The molecule has 0 radical (unpaired) electrons. The number of hydrogen-bond acceptors (Lipinski definition) is 8. The molecule has 0 saturated heterocycles. The molecule has 8 nitrogen and oxygen atoms in total. The van der Waals surface area contributed by atoms with Gasteiger partial charge in [0.2, 0.25) is 0 Å². The van der Waals surface area contributed by atoms with E-state index < -0.39 is 35.7 Å². The normalized spacial score (nSPS) is 12.5. The predicted molar refractivity (Wildman–Crippen MR) is 120 cm³/mol. The highest BCUT2D eigenvalue weighted by atomic mass is 16.6. The Morgan fingerprint density at radius 2 is 0.781 bits per heavy atom. The molecule has 0 aliphatic rings. The quantitative estimate of drug-likeness (QED) is 0.160. The van der Waals surface area contributed by atoms with Crippen molar-refractivity contribution in [1.29, 1.82) is 0 Å². The molecule has 0 aromatic carbocycles. The highest BCUT2D eigenvalue weighted by Gasteiger charge is 2.40. The van der Waals surface area contributed by atoms with Crippen molar-refractivity contribution in [1.82, 2.24) is 0 Å². The number of carbonyl (C=O) groups is 4. The molecule has 0 N–H and O–H groups in total. The van der Waals surface area contributed by atoms with Gasteiger partial charge in [-0.05, 0) is 25.7 Å². The Balaban J connectivity index is 5.50. The Bertz CT molecular complexity index is 498. The Hall–Kier alpha value is -2.12. The van der Waals surface area contributed by atoms with Crippen LogP contribution >= 0.6 is 0 Å². The van der Waals surface area contributed by atoms with Gasteiger partial charge in [0.1, 0.15) is 0 Å². The first-order valence-electron chi connectivity index (χ1n) is 12.1. The summed E-state index contributed by atoms with van der Waals surface area (Å²) in [5.74, 6) is -4.97. The largest absolute Gasteiger partial charge is 0.466 e. The molecule has 186 valence electrons. The third kappa shape index (κ3) is 14.0. The monoisotopic (exact) mass is 458 g/mol. The maximum absolute atomic E-state index is 12.8. The van der Waals surface area contributed by atoms with Gasteiger partial charge in [0, 0.05) is 0 Å². The lowest BCUT2D eigenvalue weighted by Crippen LogP contribution is -2.36. The van der Waals surface area contributed by atoms with Crippen molar-refractivity contribution >= 4 is 23.9 Å². The van der Waals surface area contributed by atoms with Crippen LogP contribution in [0.1, 0.15) is 91.9 Å². The van der Waals surface area contributed by atoms with Gasteiger partial charge < -0.3 is 18.9 Å². The fourth-order valence-electron chi connectivity index (χ4n) is 2.77. The van der Waals surface area contributed by atoms with Crippen molar-refractivity contribution in [3.63, 3.8) is 0 Å². The molecule has 8 heteroatoms. The molecule has 0 spiro atoms. The van der Waals surface area contributed by atoms with Crippen LogP contribution in [0, 0.1) is 11.8 Å². The highest BCUT2D eigenvalue weighted by molar-refractivity contribution is 5.88. The first-order valence-corrected chi connectivity index (χ1v) is 12.1. The van der Waals surface area contributed by atoms with E-state index in [1.54, 1.807) is 0 Å². The first kappa shape index (κ1) is 29.9. The van der Waals surface area contributed by atoms with Crippen LogP contribution in [0.25, 0.3) is 0 Å². The van der Waals surface area contributed by atoms with Gasteiger partial charge in [-0.2, -0.15) is 0 Å². The van der Waals surface area contributed by atoms with E-state index >= 15 is 0 Å². The minimum Gasteiger partial charge on any atom is -0.466 e. The summed E-state index contributed by atoms with van der Waals surface area (Å²) < 4.78 is 21.0. The van der Waals surface area contributed by atoms with Crippen LogP contribution in [0.15, 0.2) is 0 Å². The summed E-state index contributed by atoms with van der Waals surface area (Å²) >= 11 is 0. The molecule has 0 amide bonds. The second-order valence-electron chi connectivity index (χ2n) is 7.81. The van der Waals surface area contributed by atoms with Gasteiger partial charge >= 0.3 is 23.9 Å². The van der Waals surface area contributed by atoms with Crippen molar-refractivity contribution in [2.75, 3.05) is 26.4 Å². The van der Waals surface area contributed by atoms with E-state index in [2.05, 4.69) is 0 Å². The minimum atomic E-state index is -1.17. The van der Waals surface area contributed by atoms with Crippen molar-refractivity contribution in [3.05, 3.63) is 0 Å². The van der Waals surface area contributed by atoms with Crippen molar-refractivity contribution in [2.45, 2.75) is 91.9 Å². The van der Waals surface area contributed by atoms with E-state index in [-0.39, 0.29) is 39.3 Å². The van der Waals surface area contributed by atoms with E-state index in [4.69, 9.17) is 18.9 Å². The summed E-state index contributed by atoms with van der Waals surface area (Å²) in [7, 11) is 0. The lowest BCUT2D eigenvalue weighted by atomic mass is 9.86. The standard InChI is InChI=1S/C24H42O8/c1-5-9-13-29-21(25)17-19(23(27)31-15-11-7-3)20(24(28)32-16-12-8-4)18-22(26)30-14-10-6-2/h19-20H,5-18H2,1-4H3. The Labute approximate surface area is 192 Å². The van der Waals surface area contributed by atoms with Crippen LogP contribution in [0.5, 0.6) is 0 Å². The third-order valence-electron chi connectivity index (χ3n) is 4.87. The van der Waals surface area contributed by atoms with Crippen LogP contribution in [-0.2, 0) is 38.1 Å². The van der Waals surface area contributed by atoms with Crippen molar-refractivity contribution < 1.29 is 38.1 Å². The molecule has 0 aromatic heterocycles. The predicted octanol–water partition coefficient (Wildman–Crippen LogP) is 4.37. The SMILES string of the molecule is CCCCOC(=O)CC(C(=O)OCCCC)C(CC(=O)OCCCC)C(=O)OCCCC. The Morgan fingerprint density at radius 1 is 0.500 bits per heavy atom. The number of carbonyl (C=O) groups excluding carboxylic acids is 4. The van der Waals surface area contributed by atoms with Gasteiger partial charge in [0.25, 0.3) is 0 Å². The molecule has 0 aromatic rings. The molecule has 0 aliphatic heterocycles. The zero-order valence-corrected chi connectivity index (χ0v) is 20.3. The van der Waals surface area contributed by atoms with E-state index in [1.165, 1.54) is 0 Å². The summed E-state index contributed by atoms with van der Waals surface area (Å²) in [6.45, 7) is 8.66. The van der Waals surface area contributed by atoms with Crippen LogP contribution in [0.2, 0.25) is 0 Å². The maximum Gasteiger partial charge on any atom is 0.310 e. The smallest absolute Gasteiger partial charge is 0.310 e. The number of esters is 4. The van der Waals surface area contributed by atoms with Crippen LogP contribution < -0.4 is 0 Å². The van der Waals surface area contributed by atoms with Crippen LogP contribution in [0.3, 0.4) is 0 Å². The van der Waals surface area contributed by atoms with Crippen molar-refractivity contribution in [2.24, 2.45) is 11.8 Å². The minimum absolute atomic E-state index is 0.176. The van der Waals surface area contributed by atoms with E-state index in [0.29, 0.717) is 25.7 Å². The molecule has 2 atom stereocenters. The second kappa shape index (κ2) is 19.6. The summed E-state index contributed by atoms with van der Waals surface area (Å²) in [5.41, 5.74) is 0. The van der Waals surface area contributed by atoms with Gasteiger partial charge in [-0.1, -0.05) is 53.4 Å². The number of ether oxygens (including phenoxy) is 4. The van der Waals surface area contributed by atoms with Gasteiger partial charge in [-0.3, -0.25) is 19.2 Å². The molecule has 0 aliphatic carbocycles. The fraction of sp³-hybridized carbons (Fsp3) is 0.833. The molecule has 0 fully saturated rings. The maximum atomic E-state index is 12.8. The molecule has 0 saturated carbocycles. The third-order valence-corrected chi connectivity index (χ3v) is 4.87. The van der Waals surface area contributed by atoms with Crippen molar-refractivity contribution in [3.8, 4) is 0 Å². The number of unbranched alkanes of at least 4 members (excludes halogenated alkanes) is 4. The fourth-order valence-corrected chi connectivity index (χ4v) is 2.77. The molecule has 0 rings (SSSR count). The summed E-state index contributed by atoms with van der Waals surface area (Å²) in [6, 6.07) is 0. The van der Waals surface area contributed by atoms with E-state index in [9.17, 15) is 19.2 Å². The lowest BCUT2D eigenvalue weighted by molar-refractivity contribution is -0.167. The van der Waals surface area contributed by atoms with E-state index in [1.807, 2.05) is 27.7 Å². The Kier molecular flexibility index (Phi) is 18.3. The summed E-state index contributed by atoms with van der Waals surface area (Å²) in [5, 5.41) is 0. The second-order valence-corrected chi connectivity index (χ2v) is 7.81. The molecular formula is C24H42O8. The number of rotatable bonds is 19. The van der Waals surface area contributed by atoms with E-state index in [0.717, 1.165) is 25.7 Å². The summed E-state index contributed by atoms with van der Waals surface area (Å²) in [4.78, 5) is 50.3. The lowest BCUT2D eigenvalue weighted by Gasteiger charge is -2.23. The molecule has 32 heavy (non-hydrogen) atoms. The zero-order valence-electron chi connectivity index (χ0n) is 20.3. The highest BCUT2D eigenvalue weighted by Crippen LogP contribution is 2.25. The Morgan fingerprint density at radius 3 is 1.06 bits per heavy atom. The topological polar surface area (TPSA) is 105 Å². The molecular weight excluding hydrogens is 416 g/mol. The van der Waals surface area contributed by atoms with Gasteiger partial charge in [0.05, 0.1) is 51.1 Å². The van der Waals surface area contributed by atoms with Crippen LogP contribution in [0.4, 0.5) is 0 Å². The average molecular weight is 459 g/mol. The first-order chi connectivity index (χ1) is 15.4. The zero-order chi connectivity index (χ0) is 24.2. The van der Waals surface area contributed by atoms with Gasteiger partial charge in [-0.25, -0.2) is 0 Å². The van der Waals surface area contributed by atoms with Gasteiger partial charge in [-0.15, -0.1) is 0 Å². The average Bonchev–Trinajstić information content (AvgIpc) is 2.76. The summed E-state index contributed by atoms with van der Waals surface area (Å²) in [6.07, 6.45) is 5.35. The van der Waals surface area contributed by atoms with Gasteiger partial charge in [0.15, 0.2) is 0 Å². The van der Waals surface area contributed by atoms with Crippen LogP contribution in [-0.4, -0.2) is 50.3 Å². The number of hydrogen-bond donors (Lipinski definition) is 0. The molecule has 0 bridgehead atoms. The molecule has 0 heterocycles.